The van der Waals surface area contributed by atoms with Crippen molar-refractivity contribution in [2.45, 2.75) is 71.8 Å². The van der Waals surface area contributed by atoms with Crippen molar-refractivity contribution < 1.29 is 14.3 Å². The van der Waals surface area contributed by atoms with Crippen molar-refractivity contribution in [1.29, 1.82) is 0 Å². The number of carbonyl (C=O) groups is 2. The van der Waals surface area contributed by atoms with E-state index in [1.54, 1.807) is 0 Å². The van der Waals surface area contributed by atoms with Crippen molar-refractivity contribution in [2.24, 2.45) is 0 Å². The van der Waals surface area contributed by atoms with Crippen molar-refractivity contribution >= 4 is 23.0 Å². The number of ether oxygens (including phenoxy) is 1. The van der Waals surface area contributed by atoms with E-state index in [1.807, 2.05) is 56.0 Å². The summed E-state index contributed by atoms with van der Waals surface area (Å²) in [7, 11) is 0. The summed E-state index contributed by atoms with van der Waals surface area (Å²) in [5.74, 6) is 0.871. The fourth-order valence-electron chi connectivity index (χ4n) is 5.16. The molecule has 184 valence electrons. The third-order valence-electron chi connectivity index (χ3n) is 6.80. The molecule has 2 aliphatic rings. The maximum atomic E-state index is 13.1. The number of nitrogens with one attached hydrogen (secondary N) is 1. The fraction of sp³-hybridized carbons (Fsp3) is 0.481. The van der Waals surface area contributed by atoms with Crippen LogP contribution in [0.2, 0.25) is 0 Å². The number of hydrogen-bond donors (Lipinski definition) is 1. The van der Waals surface area contributed by atoms with E-state index >= 15 is 0 Å². The molecule has 0 aliphatic carbocycles. The van der Waals surface area contributed by atoms with Gasteiger partial charge < -0.3 is 19.5 Å². The molecule has 4 heterocycles. The molecule has 2 aliphatic heterocycles. The first-order valence-electron chi connectivity index (χ1n) is 12.6. The summed E-state index contributed by atoms with van der Waals surface area (Å²) in [6, 6.07) is 9.27. The van der Waals surface area contributed by atoms with Gasteiger partial charge in [-0.05, 0) is 57.4 Å². The Labute approximate surface area is 205 Å². The summed E-state index contributed by atoms with van der Waals surface area (Å²) >= 11 is 0. The van der Waals surface area contributed by atoms with Crippen LogP contribution in [0, 0.1) is 6.92 Å². The summed E-state index contributed by atoms with van der Waals surface area (Å²) in [4.78, 5) is 37.4. The van der Waals surface area contributed by atoms with E-state index in [2.05, 4.69) is 9.88 Å². The van der Waals surface area contributed by atoms with E-state index < -0.39 is 0 Å². The molecule has 2 unspecified atom stereocenters. The Morgan fingerprint density at radius 3 is 2.54 bits per heavy atom. The first kappa shape index (κ1) is 23.5. The molecular weight excluding hydrogens is 442 g/mol. The third kappa shape index (κ3) is 4.93. The van der Waals surface area contributed by atoms with Gasteiger partial charge in [-0.1, -0.05) is 18.6 Å². The number of pyridine rings is 1. The lowest BCUT2D eigenvalue weighted by atomic mass is 10.1. The number of benzene rings is 1. The van der Waals surface area contributed by atoms with Gasteiger partial charge in [0.15, 0.2) is 5.65 Å². The van der Waals surface area contributed by atoms with Gasteiger partial charge in [0.2, 0.25) is 0 Å². The molecule has 8 nitrogen and oxygen atoms in total. The number of amides is 2. The maximum Gasteiger partial charge on any atom is 0.254 e. The molecule has 8 heteroatoms. The van der Waals surface area contributed by atoms with E-state index in [1.165, 1.54) is 6.42 Å². The molecule has 0 bridgehead atoms. The lowest BCUT2D eigenvalue weighted by Gasteiger charge is -2.35. The minimum absolute atomic E-state index is 0.0109. The number of imidazole rings is 1. The van der Waals surface area contributed by atoms with Crippen molar-refractivity contribution in [3.63, 3.8) is 0 Å². The third-order valence-corrected chi connectivity index (χ3v) is 6.80. The van der Waals surface area contributed by atoms with Gasteiger partial charge in [0.05, 0.1) is 17.8 Å². The summed E-state index contributed by atoms with van der Waals surface area (Å²) in [6.07, 6.45) is 4.41. The van der Waals surface area contributed by atoms with Crippen molar-refractivity contribution in [2.75, 3.05) is 13.1 Å². The van der Waals surface area contributed by atoms with Crippen LogP contribution in [0.5, 0.6) is 0 Å². The minimum Gasteiger partial charge on any atom is -0.372 e. The summed E-state index contributed by atoms with van der Waals surface area (Å²) in [5, 5.41) is 3.02. The van der Waals surface area contributed by atoms with E-state index in [4.69, 9.17) is 14.7 Å². The van der Waals surface area contributed by atoms with Crippen LogP contribution in [-0.4, -0.2) is 56.5 Å². The van der Waals surface area contributed by atoms with Gasteiger partial charge in [0, 0.05) is 43.9 Å². The Bertz CT molecular complexity index is 1240. The molecule has 1 N–H and O–H groups in total. The highest BCUT2D eigenvalue weighted by molar-refractivity contribution is 6.04. The molecular formula is C27H33N5O3. The first-order valence-corrected chi connectivity index (χ1v) is 12.6. The average molecular weight is 476 g/mol. The van der Waals surface area contributed by atoms with Gasteiger partial charge in [-0.3, -0.25) is 9.59 Å². The molecule has 1 aromatic carbocycles. The molecule has 35 heavy (non-hydrogen) atoms. The van der Waals surface area contributed by atoms with Crippen molar-refractivity contribution in [3.8, 4) is 0 Å². The number of nitrogens with zero attached hydrogens (tertiary/aromatic N) is 4. The number of aromatic nitrogens is 3. The highest BCUT2D eigenvalue weighted by atomic mass is 16.5. The number of hydrogen-bond acceptors (Lipinski definition) is 5. The maximum absolute atomic E-state index is 13.1. The predicted octanol–water partition coefficient (Wildman–Crippen LogP) is 3.65. The zero-order valence-corrected chi connectivity index (χ0v) is 20.7. The second-order valence-corrected chi connectivity index (χ2v) is 9.82. The van der Waals surface area contributed by atoms with Gasteiger partial charge in [-0.25, -0.2) is 9.97 Å². The number of carbonyl (C=O) groups excluding carboxylic acids is 2. The molecule has 0 spiro atoms. The molecule has 1 fully saturated rings. The van der Waals surface area contributed by atoms with Crippen molar-refractivity contribution in [1.82, 2.24) is 24.8 Å². The molecule has 0 saturated carbocycles. The van der Waals surface area contributed by atoms with Crippen LogP contribution in [-0.2, 0) is 24.2 Å². The van der Waals surface area contributed by atoms with E-state index in [-0.39, 0.29) is 24.0 Å². The van der Waals surface area contributed by atoms with Gasteiger partial charge in [-0.15, -0.1) is 0 Å². The molecule has 5 rings (SSSR count). The molecule has 2 aromatic heterocycles. The molecule has 0 radical (unpaired) electrons. The van der Waals surface area contributed by atoms with Crippen LogP contribution in [0.15, 0.2) is 30.3 Å². The highest BCUT2D eigenvalue weighted by Gasteiger charge is 2.26. The SMILES string of the molecule is Cc1cc(C(=O)NCc2ccc(C(=O)N3CC(C)OC(C)C3)cc2)c2nc3n(c2n1)CCCCC3. The van der Waals surface area contributed by atoms with Crippen LogP contribution in [0.3, 0.4) is 0 Å². The fourth-order valence-corrected chi connectivity index (χ4v) is 5.16. The Kier molecular flexibility index (Phi) is 6.56. The van der Waals surface area contributed by atoms with Crippen LogP contribution in [0.25, 0.3) is 11.2 Å². The van der Waals surface area contributed by atoms with E-state index in [0.717, 1.165) is 48.5 Å². The Hall–Kier alpha value is -3.26. The smallest absolute Gasteiger partial charge is 0.254 e. The number of morpholine rings is 1. The highest BCUT2D eigenvalue weighted by Crippen LogP contribution is 2.24. The van der Waals surface area contributed by atoms with E-state index in [0.29, 0.717) is 36.3 Å². The number of rotatable bonds is 4. The standard InChI is InChI=1S/C27H33N5O3/c1-17-13-22(24-25(29-17)32-12-6-4-5-7-23(32)30-24)26(33)28-14-20-8-10-21(11-9-20)27(34)31-15-18(2)35-19(3)16-31/h8-11,13,18-19H,4-7,12,14-16H2,1-3H3,(H,28,33). The quantitative estimate of drug-likeness (QED) is 0.622. The lowest BCUT2D eigenvalue weighted by molar-refractivity contribution is -0.0586. The normalized spacial score (nSPS) is 20.4. The zero-order chi connectivity index (χ0) is 24.5. The van der Waals surface area contributed by atoms with Gasteiger partial charge in [0.25, 0.3) is 11.8 Å². The van der Waals surface area contributed by atoms with Crippen LogP contribution < -0.4 is 5.32 Å². The monoisotopic (exact) mass is 475 g/mol. The van der Waals surface area contributed by atoms with Crippen LogP contribution >= 0.6 is 0 Å². The first-order chi connectivity index (χ1) is 16.9. The van der Waals surface area contributed by atoms with Gasteiger partial charge in [0.1, 0.15) is 11.3 Å². The van der Waals surface area contributed by atoms with Crippen molar-refractivity contribution in [3.05, 3.63) is 58.5 Å². The summed E-state index contributed by atoms with van der Waals surface area (Å²) in [6.45, 7) is 8.35. The zero-order valence-electron chi connectivity index (χ0n) is 20.7. The number of fused-ring (bicyclic) bond motifs is 3. The average Bonchev–Trinajstić information content (AvgIpc) is 3.01. The summed E-state index contributed by atoms with van der Waals surface area (Å²) in [5.41, 5.74) is 4.44. The molecule has 2 amide bonds. The largest absolute Gasteiger partial charge is 0.372 e. The lowest BCUT2D eigenvalue weighted by Crippen LogP contribution is -2.48. The Balaban J connectivity index is 1.28. The Morgan fingerprint density at radius 1 is 1.06 bits per heavy atom. The second kappa shape index (κ2) is 9.77. The topological polar surface area (TPSA) is 89.4 Å². The minimum atomic E-state index is -0.162. The predicted molar refractivity (Wildman–Crippen MR) is 133 cm³/mol. The van der Waals surface area contributed by atoms with Crippen LogP contribution in [0.4, 0.5) is 0 Å². The summed E-state index contributed by atoms with van der Waals surface area (Å²) < 4.78 is 7.91. The van der Waals surface area contributed by atoms with Gasteiger partial charge >= 0.3 is 0 Å². The van der Waals surface area contributed by atoms with Gasteiger partial charge in [-0.2, -0.15) is 0 Å². The molecule has 2 atom stereocenters. The molecule has 1 saturated heterocycles. The second-order valence-electron chi connectivity index (χ2n) is 9.82. The van der Waals surface area contributed by atoms with E-state index in [9.17, 15) is 9.59 Å². The number of aryl methyl sites for hydroxylation is 3. The Morgan fingerprint density at radius 2 is 1.80 bits per heavy atom. The van der Waals surface area contributed by atoms with Crippen LogP contribution in [0.1, 0.15) is 70.9 Å². The molecule has 3 aromatic rings.